The first-order valence-electron chi connectivity index (χ1n) is 17.2. The minimum atomic E-state index is -4.47. The van der Waals surface area contributed by atoms with E-state index in [0.29, 0.717) is 41.0 Å². The summed E-state index contributed by atoms with van der Waals surface area (Å²) in [6.07, 6.45) is -0.546. The molecule has 280 valence electrons. The van der Waals surface area contributed by atoms with Crippen LogP contribution < -0.4 is 15.4 Å². The first-order chi connectivity index (χ1) is 26.5. The van der Waals surface area contributed by atoms with Crippen molar-refractivity contribution in [2.45, 2.75) is 47.7 Å². The van der Waals surface area contributed by atoms with Gasteiger partial charge in [0.05, 0.1) is 27.3 Å². The lowest BCUT2D eigenvalue weighted by atomic mass is 10.1. The van der Waals surface area contributed by atoms with E-state index >= 15 is 0 Å². The second-order valence-corrected chi connectivity index (χ2v) is 15.5. The van der Waals surface area contributed by atoms with Gasteiger partial charge in [0, 0.05) is 28.6 Å². The topological polar surface area (TPSA) is 98.4 Å². The number of nitrogens with one attached hydrogen (secondary N) is 2. The highest BCUT2D eigenvalue weighted by Gasteiger charge is 2.31. The maximum atomic E-state index is 13.3. The first kappa shape index (κ1) is 37.6. The van der Waals surface area contributed by atoms with Gasteiger partial charge in [0.1, 0.15) is 18.2 Å². The summed E-state index contributed by atoms with van der Waals surface area (Å²) in [6, 6.07) is 35.3. The van der Waals surface area contributed by atoms with E-state index in [1.165, 1.54) is 28.6 Å². The van der Waals surface area contributed by atoms with Gasteiger partial charge in [0.25, 0.3) is 0 Å². The molecule has 0 unspecified atom stereocenters. The number of hydrogen-bond acceptors (Lipinski definition) is 7. The van der Waals surface area contributed by atoms with Gasteiger partial charge in [0.15, 0.2) is 11.5 Å². The molecule has 0 bridgehead atoms. The molecule has 0 radical (unpaired) electrons. The molecule has 0 fully saturated rings. The van der Waals surface area contributed by atoms with Crippen LogP contribution in [0.25, 0.3) is 22.7 Å². The van der Waals surface area contributed by atoms with Gasteiger partial charge in [-0.3, -0.25) is 9.72 Å². The zero-order chi connectivity index (χ0) is 38.6. The third-order valence-corrected chi connectivity index (χ3v) is 11.2. The van der Waals surface area contributed by atoms with Gasteiger partial charge >= 0.3 is 12.2 Å². The summed E-state index contributed by atoms with van der Waals surface area (Å²) in [4.78, 5) is 15.2. The van der Waals surface area contributed by atoms with Crippen LogP contribution in [0.5, 0.6) is 5.75 Å². The zero-order valence-corrected chi connectivity index (χ0v) is 31.7. The maximum absolute atomic E-state index is 13.3. The molecule has 0 aliphatic carbocycles. The lowest BCUT2D eigenvalue weighted by molar-refractivity contribution is -0.137. The van der Waals surface area contributed by atoms with Crippen molar-refractivity contribution >= 4 is 41.0 Å². The number of nitrogens with zero attached hydrogens (tertiary/aromatic N) is 5. The van der Waals surface area contributed by atoms with Gasteiger partial charge in [-0.15, -0.1) is 10.2 Å². The fraction of sp³-hybridized carbons (Fsp3) is 0.171. The largest absolute Gasteiger partial charge is 0.488 e. The predicted molar refractivity (Wildman–Crippen MR) is 211 cm³/mol. The van der Waals surface area contributed by atoms with E-state index in [0.717, 1.165) is 38.6 Å². The number of carbonyl (C=O) groups excluding carboxylic acids is 1. The van der Waals surface area contributed by atoms with Crippen LogP contribution in [-0.2, 0) is 24.1 Å². The van der Waals surface area contributed by atoms with Crippen LogP contribution in [-0.4, -0.2) is 36.7 Å². The Morgan fingerprint density at radius 3 is 2.35 bits per heavy atom. The molecule has 2 amide bonds. The number of carbonyl (C=O) groups is 1. The molecule has 7 rings (SSSR count). The normalized spacial score (nSPS) is 11.8. The summed E-state index contributed by atoms with van der Waals surface area (Å²) < 4.78 is 49.0. The molecule has 0 atom stereocenters. The number of para-hydroxylation sites is 1. The van der Waals surface area contributed by atoms with E-state index in [2.05, 4.69) is 25.9 Å². The van der Waals surface area contributed by atoms with Crippen LogP contribution in [0.15, 0.2) is 137 Å². The van der Waals surface area contributed by atoms with Crippen LogP contribution >= 0.6 is 23.5 Å². The summed E-state index contributed by atoms with van der Waals surface area (Å²) in [5, 5.41) is 19.4. The van der Waals surface area contributed by atoms with Gasteiger partial charge in [-0.2, -0.15) is 30.0 Å². The molecule has 4 aromatic carbocycles. The summed E-state index contributed by atoms with van der Waals surface area (Å²) in [5.41, 5.74) is 3.70. The monoisotopic (exact) mass is 779 g/mol. The molecule has 0 spiro atoms. The Hall–Kier alpha value is -5.73. The van der Waals surface area contributed by atoms with Gasteiger partial charge < -0.3 is 10.1 Å². The number of rotatable bonds is 12. The minimum absolute atomic E-state index is 0.207. The second-order valence-electron chi connectivity index (χ2n) is 13.0. The maximum Gasteiger partial charge on any atom is 0.416 e. The van der Waals surface area contributed by atoms with Gasteiger partial charge in [-0.25, -0.2) is 9.48 Å². The van der Waals surface area contributed by atoms with E-state index in [1.54, 1.807) is 17.8 Å². The van der Waals surface area contributed by atoms with Crippen molar-refractivity contribution in [2.75, 3.05) is 11.6 Å². The Morgan fingerprint density at radius 2 is 1.58 bits per heavy atom. The molecule has 0 saturated carbocycles. The van der Waals surface area contributed by atoms with E-state index in [-0.39, 0.29) is 6.54 Å². The highest BCUT2D eigenvalue weighted by Crippen LogP contribution is 2.37. The molecule has 9 nitrogen and oxygen atoms in total. The number of ether oxygens (including phenoxy) is 1. The van der Waals surface area contributed by atoms with Crippen LogP contribution in [0.1, 0.15) is 36.2 Å². The number of urea groups is 1. The zero-order valence-electron chi connectivity index (χ0n) is 30.0. The Morgan fingerprint density at radius 1 is 0.855 bits per heavy atom. The summed E-state index contributed by atoms with van der Waals surface area (Å²) in [7, 11) is 0. The van der Waals surface area contributed by atoms with Crippen molar-refractivity contribution in [3.05, 3.63) is 150 Å². The summed E-state index contributed by atoms with van der Waals surface area (Å²) in [5.74, 6) is 1.66. The lowest BCUT2D eigenvalue weighted by Gasteiger charge is -2.18. The lowest BCUT2D eigenvalue weighted by Crippen LogP contribution is -2.29. The fourth-order valence-corrected chi connectivity index (χ4v) is 6.97. The highest BCUT2D eigenvalue weighted by atomic mass is 32.2. The quantitative estimate of drug-likeness (QED) is 0.127. The number of halogens is 3. The molecular weight excluding hydrogens is 744 g/mol. The predicted octanol–water partition coefficient (Wildman–Crippen LogP) is 10.3. The number of benzene rings is 4. The van der Waals surface area contributed by atoms with Gasteiger partial charge in [-0.1, -0.05) is 72.4 Å². The average molecular weight is 780 g/mol. The molecule has 0 saturated heterocycles. The molecule has 3 heterocycles. The Kier molecular flexibility index (Phi) is 10.9. The van der Waals surface area contributed by atoms with E-state index in [4.69, 9.17) is 4.74 Å². The van der Waals surface area contributed by atoms with E-state index in [9.17, 15) is 18.0 Å². The highest BCUT2D eigenvalue weighted by molar-refractivity contribution is 7.99. The number of hydrogen-bond donors (Lipinski definition) is 2. The average Bonchev–Trinajstić information content (AvgIpc) is 3.82. The Labute approximate surface area is 324 Å². The number of amides is 2. The second kappa shape index (κ2) is 15.9. The molecule has 7 aromatic rings. The molecule has 0 aliphatic heterocycles. The van der Waals surface area contributed by atoms with Gasteiger partial charge in [-0.05, 0) is 85.8 Å². The number of fused-ring (bicyclic) bond motifs is 1. The fourth-order valence-electron chi connectivity index (χ4n) is 5.70. The summed E-state index contributed by atoms with van der Waals surface area (Å²) in [6.45, 7) is 4.59. The number of thioether (sulfide) groups is 1. The Balaban J connectivity index is 1.07. The standard InChI is InChI=1S/C41H36F3N7O2S2/c1-40(2,54-3)35-23-37(51(49-35)30-19-17-29(18-20-30)41(42,43)44)46-39(52)45-24-28-13-7-10-16-34(28)55-31-21-22-36-47-48-38(50(36)25-31)32-14-8-9-15-33(32)53-26-27-11-5-4-6-12-27/h4-23,25H,24,26H2,1-3H3,(H2,45,46,52). The van der Waals surface area contributed by atoms with Crippen molar-refractivity contribution in [1.29, 1.82) is 0 Å². The van der Waals surface area contributed by atoms with Crippen molar-refractivity contribution in [3.8, 4) is 22.8 Å². The van der Waals surface area contributed by atoms with Crippen LogP contribution in [0.2, 0.25) is 0 Å². The smallest absolute Gasteiger partial charge is 0.416 e. The molecule has 3 aromatic heterocycles. The van der Waals surface area contributed by atoms with E-state index in [1.807, 2.05) is 122 Å². The van der Waals surface area contributed by atoms with Crippen molar-refractivity contribution in [1.82, 2.24) is 29.7 Å². The van der Waals surface area contributed by atoms with Gasteiger partial charge in [0.2, 0.25) is 0 Å². The third-order valence-electron chi connectivity index (χ3n) is 8.90. The molecular formula is C41H36F3N7O2S2. The van der Waals surface area contributed by atoms with Crippen molar-refractivity contribution in [3.63, 3.8) is 0 Å². The number of pyridine rings is 1. The minimum Gasteiger partial charge on any atom is -0.488 e. The van der Waals surface area contributed by atoms with Crippen LogP contribution in [0.3, 0.4) is 0 Å². The van der Waals surface area contributed by atoms with Crippen molar-refractivity contribution in [2.24, 2.45) is 0 Å². The molecule has 2 N–H and O–H groups in total. The van der Waals surface area contributed by atoms with Crippen molar-refractivity contribution < 1.29 is 22.7 Å². The molecule has 55 heavy (non-hydrogen) atoms. The molecule has 14 heteroatoms. The SMILES string of the molecule is CSC(C)(C)c1cc(NC(=O)NCc2ccccc2Sc2ccc3nnc(-c4ccccc4OCc4ccccc4)n3c2)n(-c2ccc(C(F)(F)F)cc2)n1. The third kappa shape index (κ3) is 8.66. The first-order valence-corrected chi connectivity index (χ1v) is 19.3. The number of anilines is 1. The number of aromatic nitrogens is 5. The van der Waals surface area contributed by atoms with E-state index < -0.39 is 22.5 Å². The number of alkyl halides is 3. The van der Waals surface area contributed by atoms with Crippen LogP contribution in [0, 0.1) is 0 Å². The van der Waals surface area contributed by atoms with Crippen LogP contribution in [0.4, 0.5) is 23.8 Å². The molecule has 0 aliphatic rings. The summed E-state index contributed by atoms with van der Waals surface area (Å²) >= 11 is 3.10. The Bertz CT molecular complexity index is 2430.